The van der Waals surface area contributed by atoms with Gasteiger partial charge in [-0.1, -0.05) is 6.07 Å². The molecule has 3 aliphatic rings. The Labute approximate surface area is 248 Å². The van der Waals surface area contributed by atoms with Crippen molar-refractivity contribution in [1.82, 2.24) is 29.2 Å². The van der Waals surface area contributed by atoms with Gasteiger partial charge in [-0.05, 0) is 62.6 Å². The minimum Gasteiger partial charge on any atom is -0.505 e. The summed E-state index contributed by atoms with van der Waals surface area (Å²) in [7, 11) is 4.05. The summed E-state index contributed by atoms with van der Waals surface area (Å²) < 4.78 is 7.83. The summed E-state index contributed by atoms with van der Waals surface area (Å²) in [5.41, 5.74) is 5.57. The van der Waals surface area contributed by atoms with Gasteiger partial charge in [-0.2, -0.15) is 0 Å². The molecule has 220 valence electrons. The van der Waals surface area contributed by atoms with Gasteiger partial charge in [0.25, 0.3) is 5.91 Å². The molecule has 1 atom stereocenters. The molecule has 10 nitrogen and oxygen atoms in total. The molecule has 0 unspecified atom stereocenters. The predicted molar refractivity (Wildman–Crippen MR) is 162 cm³/mol. The monoisotopic (exact) mass is 568 g/mol. The first-order valence-corrected chi connectivity index (χ1v) is 14.9. The largest absolute Gasteiger partial charge is 0.505 e. The molecule has 10 heteroatoms. The van der Waals surface area contributed by atoms with E-state index in [0.29, 0.717) is 31.1 Å². The van der Waals surface area contributed by atoms with Crippen molar-refractivity contribution in [3.05, 3.63) is 76.2 Å². The van der Waals surface area contributed by atoms with Crippen LogP contribution in [-0.4, -0.2) is 88.6 Å². The van der Waals surface area contributed by atoms with Crippen molar-refractivity contribution in [1.29, 1.82) is 0 Å². The van der Waals surface area contributed by atoms with Crippen molar-refractivity contribution < 1.29 is 9.53 Å². The van der Waals surface area contributed by atoms with Gasteiger partial charge >= 0.3 is 0 Å². The molecule has 1 aliphatic carbocycles. The molecule has 0 radical (unpaired) electrons. The van der Waals surface area contributed by atoms with Gasteiger partial charge in [0.15, 0.2) is 0 Å². The van der Waals surface area contributed by atoms with E-state index in [1.54, 1.807) is 12.4 Å². The van der Waals surface area contributed by atoms with Gasteiger partial charge in [0.2, 0.25) is 11.6 Å². The maximum Gasteiger partial charge on any atom is 0.254 e. The molecule has 1 spiro atoms. The fraction of sp³-hybridized carbons (Fsp3) is 0.500. The van der Waals surface area contributed by atoms with Gasteiger partial charge in [0, 0.05) is 75.9 Å². The van der Waals surface area contributed by atoms with E-state index in [4.69, 9.17) is 11.3 Å². The lowest BCUT2D eigenvalue weighted by Crippen LogP contribution is -2.47. The highest BCUT2D eigenvalue weighted by atomic mass is 16.5. The lowest BCUT2D eigenvalue weighted by atomic mass is 9.81. The Bertz CT molecular complexity index is 1510. The number of likely N-dealkylation sites (N-methyl/N-ethyl adjacent to an activating group) is 1. The number of pyridine rings is 1. The third kappa shape index (κ3) is 5.23. The van der Waals surface area contributed by atoms with Gasteiger partial charge < -0.3 is 24.4 Å². The molecule has 0 bridgehead atoms. The minimum absolute atomic E-state index is 0.0255. The number of fused-ring (bicyclic) bond motifs is 2. The van der Waals surface area contributed by atoms with Crippen LogP contribution in [-0.2, 0) is 18.5 Å². The van der Waals surface area contributed by atoms with Crippen LogP contribution in [0.15, 0.2) is 36.8 Å². The highest BCUT2D eigenvalue weighted by Crippen LogP contribution is 2.55. The molecule has 2 aromatic heterocycles. The predicted octanol–water partition coefficient (Wildman–Crippen LogP) is 4.31. The topological polar surface area (TPSA) is 83.1 Å². The average Bonchev–Trinajstić information content (AvgIpc) is 3.62. The second-order valence-electron chi connectivity index (χ2n) is 11.9. The number of carbonyl (C=O) groups is 1. The van der Waals surface area contributed by atoms with E-state index in [-0.39, 0.29) is 17.4 Å². The fourth-order valence-corrected chi connectivity index (χ4v) is 6.58. The lowest BCUT2D eigenvalue weighted by molar-refractivity contribution is 0.0632. The van der Waals surface area contributed by atoms with Gasteiger partial charge in [-0.25, -0.2) is 9.83 Å². The summed E-state index contributed by atoms with van der Waals surface area (Å²) in [5.74, 6) is 1.37. The number of hydrogen-bond acceptors (Lipinski definition) is 7. The third-order valence-electron chi connectivity index (χ3n) is 9.09. The number of nitrogens with zero attached hydrogens (tertiary/aromatic N) is 7. The maximum absolute atomic E-state index is 14.4. The number of anilines is 1. The van der Waals surface area contributed by atoms with Crippen molar-refractivity contribution in [2.75, 3.05) is 58.7 Å². The Hall–Kier alpha value is -3.94. The molecule has 4 heterocycles. The molecule has 3 aromatic rings. The SMILES string of the molecule is [C-]#[N+]c1cnc([C@H](C)N2CC3(CC3)c3c(CN4CCN(C)CC4)cc(Cn4ccnc4NC)cc3C2=O)cc1OCC. The first kappa shape index (κ1) is 28.2. The van der Waals surface area contributed by atoms with E-state index in [0.717, 1.165) is 68.3 Å². The number of piperazine rings is 1. The van der Waals surface area contributed by atoms with E-state index >= 15 is 0 Å². The van der Waals surface area contributed by atoms with Gasteiger partial charge in [-0.3, -0.25) is 14.7 Å². The molecule has 1 saturated carbocycles. The summed E-state index contributed by atoms with van der Waals surface area (Å²) in [6.07, 6.45) is 7.48. The van der Waals surface area contributed by atoms with Crippen LogP contribution in [0.1, 0.15) is 65.5 Å². The van der Waals surface area contributed by atoms with Crippen molar-refractivity contribution in [2.45, 2.75) is 51.2 Å². The molecule has 2 aliphatic heterocycles. The van der Waals surface area contributed by atoms with E-state index in [9.17, 15) is 4.79 Å². The van der Waals surface area contributed by atoms with Crippen LogP contribution in [0.3, 0.4) is 0 Å². The van der Waals surface area contributed by atoms with Crippen LogP contribution in [0, 0.1) is 6.57 Å². The lowest BCUT2D eigenvalue weighted by Gasteiger charge is -2.40. The number of benzene rings is 1. The minimum atomic E-state index is -0.253. The van der Waals surface area contributed by atoms with E-state index in [1.165, 1.54) is 11.1 Å². The Morgan fingerprint density at radius 3 is 2.62 bits per heavy atom. The van der Waals surface area contributed by atoms with Crippen LogP contribution in [0.5, 0.6) is 5.75 Å². The van der Waals surface area contributed by atoms with Crippen LogP contribution in [0.25, 0.3) is 4.85 Å². The fourth-order valence-electron chi connectivity index (χ4n) is 6.58. The Morgan fingerprint density at radius 2 is 1.93 bits per heavy atom. The number of rotatable bonds is 9. The summed E-state index contributed by atoms with van der Waals surface area (Å²) in [6.45, 7) is 18.2. The zero-order chi connectivity index (χ0) is 29.4. The summed E-state index contributed by atoms with van der Waals surface area (Å²) in [6, 6.07) is 6.03. The standard InChI is InChI=1S/C32H40N8O2/c1-6-42-28-17-26(36-18-27(28)33-3)22(2)40-21-32(7-8-32)29-24(20-38-13-11-37(5)12-14-38)15-23(16-25(29)30(40)41)19-39-10-9-35-31(39)34-4/h9-10,15-18,22H,6-8,11-14,19-21H2,1-2,4-5H3,(H,34,35)/t22-/m0/s1. The number of carbonyl (C=O) groups excluding carboxylic acids is 1. The Morgan fingerprint density at radius 1 is 1.14 bits per heavy atom. The number of hydrogen-bond donors (Lipinski definition) is 1. The van der Waals surface area contributed by atoms with Crippen molar-refractivity contribution in [3.8, 4) is 5.75 Å². The molecule has 1 N–H and O–H groups in total. The second-order valence-corrected chi connectivity index (χ2v) is 11.9. The number of amides is 1. The third-order valence-corrected chi connectivity index (χ3v) is 9.09. The van der Waals surface area contributed by atoms with E-state index in [2.05, 4.69) is 53.7 Å². The summed E-state index contributed by atoms with van der Waals surface area (Å²) >= 11 is 0. The van der Waals surface area contributed by atoms with Gasteiger partial charge in [0.05, 0.1) is 31.5 Å². The first-order chi connectivity index (χ1) is 20.4. The van der Waals surface area contributed by atoms with Crippen LogP contribution in [0.2, 0.25) is 0 Å². The van der Waals surface area contributed by atoms with E-state index < -0.39 is 0 Å². The molecule has 1 aromatic carbocycles. The zero-order valence-electron chi connectivity index (χ0n) is 25.1. The quantitative estimate of drug-likeness (QED) is 0.385. The first-order valence-electron chi connectivity index (χ1n) is 14.9. The van der Waals surface area contributed by atoms with Crippen molar-refractivity contribution in [3.63, 3.8) is 0 Å². The zero-order valence-corrected chi connectivity index (χ0v) is 25.1. The van der Waals surface area contributed by atoms with Gasteiger partial charge in [0.1, 0.15) is 5.75 Å². The summed E-state index contributed by atoms with van der Waals surface area (Å²) in [4.78, 5) is 33.9. The molecular weight excluding hydrogens is 528 g/mol. The van der Waals surface area contributed by atoms with Crippen molar-refractivity contribution >= 4 is 17.5 Å². The number of ether oxygens (including phenoxy) is 1. The average molecular weight is 569 g/mol. The smallest absolute Gasteiger partial charge is 0.254 e. The Balaban J connectivity index is 1.39. The molecule has 6 rings (SSSR count). The van der Waals surface area contributed by atoms with Crippen LogP contribution < -0.4 is 10.1 Å². The van der Waals surface area contributed by atoms with Crippen LogP contribution >= 0.6 is 0 Å². The van der Waals surface area contributed by atoms with Crippen LogP contribution in [0.4, 0.5) is 11.6 Å². The van der Waals surface area contributed by atoms with Gasteiger partial charge in [-0.15, -0.1) is 0 Å². The highest BCUT2D eigenvalue weighted by molar-refractivity contribution is 5.99. The number of aromatic nitrogens is 3. The maximum atomic E-state index is 14.4. The van der Waals surface area contributed by atoms with Crippen molar-refractivity contribution in [2.24, 2.45) is 0 Å². The molecule has 42 heavy (non-hydrogen) atoms. The summed E-state index contributed by atoms with van der Waals surface area (Å²) in [5, 5.41) is 3.16. The molecule has 2 fully saturated rings. The number of imidazole rings is 1. The number of nitrogens with one attached hydrogen (secondary N) is 1. The van der Waals surface area contributed by atoms with E-state index in [1.807, 2.05) is 38.1 Å². The molecular formula is C32H40N8O2. The normalized spacial score (nSPS) is 18.9. The highest BCUT2D eigenvalue weighted by Gasteiger charge is 2.53. The molecule has 1 amide bonds. The Kier molecular flexibility index (Phi) is 7.64. The molecule has 1 saturated heterocycles. The second kappa shape index (κ2) is 11.4.